The van der Waals surface area contributed by atoms with Gasteiger partial charge in [-0.05, 0) is 42.7 Å². The summed E-state index contributed by atoms with van der Waals surface area (Å²) < 4.78 is 1.07. The Hall–Kier alpha value is -2.31. The first-order valence-corrected chi connectivity index (χ1v) is 9.99. The van der Waals surface area contributed by atoms with E-state index >= 15 is 0 Å². The molecule has 0 unspecified atom stereocenters. The van der Waals surface area contributed by atoms with Crippen LogP contribution in [0.3, 0.4) is 0 Å². The largest absolute Gasteiger partial charge is 0.324 e. The molecule has 130 valence electrons. The lowest BCUT2D eigenvalue weighted by Gasteiger charge is -2.10. The summed E-state index contributed by atoms with van der Waals surface area (Å²) in [5, 5.41) is 4.47. The standard InChI is InChI=1S/C20H17BrN4S/c1-3-15-16(13-6-8-14(21)9-7-13)17-19(23-11-24-20(17)26-15)25-18-12(2)5-4-10-22-18/h4-11H,3H2,1-2H3,(H,22,23,24,25). The normalized spacial score (nSPS) is 11.0. The second-order valence-electron chi connectivity index (χ2n) is 5.96. The van der Waals surface area contributed by atoms with Gasteiger partial charge in [0.25, 0.3) is 0 Å². The molecule has 0 aliphatic rings. The van der Waals surface area contributed by atoms with Crippen LogP contribution >= 0.6 is 27.3 Å². The van der Waals surface area contributed by atoms with Gasteiger partial charge >= 0.3 is 0 Å². The van der Waals surface area contributed by atoms with Gasteiger partial charge in [-0.3, -0.25) is 0 Å². The highest BCUT2D eigenvalue weighted by atomic mass is 79.9. The van der Waals surface area contributed by atoms with Crippen LogP contribution in [0.2, 0.25) is 0 Å². The molecule has 3 aromatic heterocycles. The number of thiophene rings is 1. The Bertz CT molecular complexity index is 1070. The Morgan fingerprint density at radius 2 is 1.85 bits per heavy atom. The number of aryl methyl sites for hydroxylation is 2. The van der Waals surface area contributed by atoms with Crippen molar-refractivity contribution in [3.63, 3.8) is 0 Å². The van der Waals surface area contributed by atoms with Crippen molar-refractivity contribution in [1.29, 1.82) is 0 Å². The number of nitrogens with zero attached hydrogens (tertiary/aromatic N) is 3. The summed E-state index contributed by atoms with van der Waals surface area (Å²) >= 11 is 5.25. The van der Waals surface area contributed by atoms with E-state index in [9.17, 15) is 0 Å². The van der Waals surface area contributed by atoms with Gasteiger partial charge in [-0.25, -0.2) is 15.0 Å². The predicted molar refractivity (Wildman–Crippen MR) is 112 cm³/mol. The van der Waals surface area contributed by atoms with Crippen molar-refractivity contribution in [3.8, 4) is 11.1 Å². The van der Waals surface area contributed by atoms with Crippen molar-refractivity contribution < 1.29 is 0 Å². The molecule has 0 spiro atoms. The van der Waals surface area contributed by atoms with Crippen LogP contribution in [0.4, 0.5) is 11.6 Å². The molecular formula is C20H17BrN4S. The van der Waals surface area contributed by atoms with E-state index in [1.165, 1.54) is 16.0 Å². The molecule has 0 fully saturated rings. The molecule has 0 amide bonds. The fourth-order valence-electron chi connectivity index (χ4n) is 2.97. The van der Waals surface area contributed by atoms with Crippen LogP contribution in [0.1, 0.15) is 17.4 Å². The topological polar surface area (TPSA) is 50.7 Å². The molecule has 0 aliphatic heterocycles. The van der Waals surface area contributed by atoms with Crippen LogP contribution in [0.25, 0.3) is 21.3 Å². The Balaban J connectivity index is 1.93. The molecule has 26 heavy (non-hydrogen) atoms. The molecule has 3 heterocycles. The van der Waals surface area contributed by atoms with E-state index in [4.69, 9.17) is 0 Å². The zero-order valence-corrected chi connectivity index (χ0v) is 16.9. The van der Waals surface area contributed by atoms with Crippen LogP contribution in [0.15, 0.2) is 53.4 Å². The van der Waals surface area contributed by atoms with Gasteiger partial charge in [0, 0.05) is 21.1 Å². The summed E-state index contributed by atoms with van der Waals surface area (Å²) in [5.74, 6) is 1.61. The number of aromatic nitrogens is 3. The first-order chi connectivity index (χ1) is 12.7. The summed E-state index contributed by atoms with van der Waals surface area (Å²) in [6.45, 7) is 4.21. The molecule has 1 aromatic carbocycles. The zero-order chi connectivity index (χ0) is 18.1. The van der Waals surface area contributed by atoms with E-state index in [0.717, 1.165) is 38.3 Å². The minimum Gasteiger partial charge on any atom is -0.324 e. The summed E-state index contributed by atoms with van der Waals surface area (Å²) in [7, 11) is 0. The summed E-state index contributed by atoms with van der Waals surface area (Å²) in [6, 6.07) is 12.4. The number of fused-ring (bicyclic) bond motifs is 1. The first kappa shape index (κ1) is 17.1. The first-order valence-electron chi connectivity index (χ1n) is 8.38. The molecular weight excluding hydrogens is 408 g/mol. The smallest absolute Gasteiger partial charge is 0.144 e. The zero-order valence-electron chi connectivity index (χ0n) is 14.5. The Labute approximate surface area is 164 Å². The minimum absolute atomic E-state index is 0.797. The maximum absolute atomic E-state index is 4.53. The lowest BCUT2D eigenvalue weighted by Crippen LogP contribution is -1.99. The number of anilines is 2. The molecule has 1 N–H and O–H groups in total. The molecule has 0 atom stereocenters. The van der Waals surface area contributed by atoms with E-state index < -0.39 is 0 Å². The van der Waals surface area contributed by atoms with Gasteiger partial charge in [0.2, 0.25) is 0 Å². The highest BCUT2D eigenvalue weighted by Crippen LogP contribution is 2.42. The lowest BCUT2D eigenvalue weighted by atomic mass is 10.0. The van der Waals surface area contributed by atoms with Crippen molar-refractivity contribution in [2.45, 2.75) is 20.3 Å². The molecule has 0 radical (unpaired) electrons. The highest BCUT2D eigenvalue weighted by Gasteiger charge is 2.18. The molecule has 4 nitrogen and oxygen atoms in total. The fraction of sp³-hybridized carbons (Fsp3) is 0.150. The van der Waals surface area contributed by atoms with Crippen molar-refractivity contribution in [2.75, 3.05) is 5.32 Å². The van der Waals surface area contributed by atoms with Crippen LogP contribution < -0.4 is 5.32 Å². The van der Waals surface area contributed by atoms with E-state index in [1.807, 2.05) is 19.1 Å². The minimum atomic E-state index is 0.797. The van der Waals surface area contributed by atoms with E-state index in [2.05, 4.69) is 67.4 Å². The molecule has 0 saturated heterocycles. The average Bonchev–Trinajstić information content (AvgIpc) is 3.04. The van der Waals surface area contributed by atoms with Crippen LogP contribution in [-0.4, -0.2) is 15.0 Å². The van der Waals surface area contributed by atoms with Gasteiger partial charge in [-0.1, -0.05) is 41.1 Å². The number of hydrogen-bond donors (Lipinski definition) is 1. The summed E-state index contributed by atoms with van der Waals surface area (Å²) in [5.41, 5.74) is 3.46. The Morgan fingerprint density at radius 1 is 1.04 bits per heavy atom. The Morgan fingerprint density at radius 3 is 2.58 bits per heavy atom. The van der Waals surface area contributed by atoms with Gasteiger partial charge in [0.05, 0.1) is 5.39 Å². The molecule has 6 heteroatoms. The van der Waals surface area contributed by atoms with Gasteiger partial charge < -0.3 is 5.32 Å². The van der Waals surface area contributed by atoms with Crippen LogP contribution in [0, 0.1) is 6.92 Å². The molecule has 0 saturated carbocycles. The number of pyridine rings is 1. The van der Waals surface area contributed by atoms with Crippen molar-refractivity contribution in [2.24, 2.45) is 0 Å². The number of rotatable bonds is 4. The molecule has 4 rings (SSSR count). The Kier molecular flexibility index (Phi) is 4.70. The van der Waals surface area contributed by atoms with Crippen molar-refractivity contribution >= 4 is 49.1 Å². The summed E-state index contributed by atoms with van der Waals surface area (Å²) in [4.78, 5) is 15.8. The number of hydrogen-bond acceptors (Lipinski definition) is 5. The highest BCUT2D eigenvalue weighted by molar-refractivity contribution is 9.10. The quantitative estimate of drug-likeness (QED) is 0.427. The molecule has 0 bridgehead atoms. The van der Waals surface area contributed by atoms with Gasteiger partial charge in [-0.15, -0.1) is 11.3 Å². The third kappa shape index (κ3) is 3.10. The lowest BCUT2D eigenvalue weighted by molar-refractivity contribution is 1.18. The number of nitrogens with one attached hydrogen (secondary N) is 1. The second kappa shape index (κ2) is 7.13. The third-order valence-electron chi connectivity index (χ3n) is 4.26. The SMILES string of the molecule is CCc1sc2ncnc(Nc3ncccc3C)c2c1-c1ccc(Br)cc1. The predicted octanol–water partition coefficient (Wildman–Crippen LogP) is 6.13. The van der Waals surface area contributed by atoms with E-state index in [1.54, 1.807) is 23.9 Å². The fourth-order valence-corrected chi connectivity index (χ4v) is 4.34. The van der Waals surface area contributed by atoms with Crippen molar-refractivity contribution in [1.82, 2.24) is 15.0 Å². The summed E-state index contributed by atoms with van der Waals surface area (Å²) in [6.07, 6.45) is 4.35. The van der Waals surface area contributed by atoms with Crippen molar-refractivity contribution in [3.05, 3.63) is 63.8 Å². The van der Waals surface area contributed by atoms with Gasteiger partial charge in [-0.2, -0.15) is 0 Å². The van der Waals surface area contributed by atoms with Gasteiger partial charge in [0.15, 0.2) is 0 Å². The van der Waals surface area contributed by atoms with Crippen LogP contribution in [-0.2, 0) is 6.42 Å². The van der Waals surface area contributed by atoms with E-state index in [0.29, 0.717) is 0 Å². The maximum Gasteiger partial charge on any atom is 0.144 e. The monoisotopic (exact) mass is 424 g/mol. The molecule has 0 aliphatic carbocycles. The number of halogens is 1. The molecule has 4 aromatic rings. The van der Waals surface area contributed by atoms with Crippen LogP contribution in [0.5, 0.6) is 0 Å². The number of benzene rings is 1. The third-order valence-corrected chi connectivity index (χ3v) is 6.03. The van der Waals surface area contributed by atoms with E-state index in [-0.39, 0.29) is 0 Å². The maximum atomic E-state index is 4.53. The second-order valence-corrected chi connectivity index (χ2v) is 7.96. The van der Waals surface area contributed by atoms with Gasteiger partial charge in [0.1, 0.15) is 22.8 Å². The average molecular weight is 425 g/mol.